The molecule has 22 heteroatoms. The monoisotopic (exact) mass is 1020 g/mol. The number of aromatic nitrogens is 2. The van der Waals surface area contributed by atoms with Gasteiger partial charge in [0.05, 0.1) is 25.4 Å². The molecular weight excluding hydrogens is 940 g/mol. The molecule has 8 N–H and O–H groups in total. The summed E-state index contributed by atoms with van der Waals surface area (Å²) in [4.78, 5) is 61.8. The van der Waals surface area contributed by atoms with Gasteiger partial charge in [-0.15, -0.1) is 0 Å². The number of hydrogen-bond donors (Lipinski definition) is 7. The molecule has 0 amide bonds. The summed E-state index contributed by atoms with van der Waals surface area (Å²) >= 11 is 0. The zero-order chi connectivity index (χ0) is 51.1. The van der Waals surface area contributed by atoms with E-state index in [4.69, 9.17) is 29.0 Å². The standard InChI is InChI=1S/C47H81N3O17P2/c1-4-5-6-7-8-9-10-11-14-17-20-23-27-38(51)39(52)28-25-30-42(53)62-33-37(65-43(54)29-24-21-18-15-12-13-16-19-22-26-36(2)3)34-63-68(58,59)67-69(60,61)64-35-40-44(55)45(56)46(66-40)50-32-31-41(48)49-47(50)57/h8-9,11,14,20,23,31-32,36-40,44-46,51-52,55-56H,4-7,10,12-13,15-19,21-22,24-30,33-35H2,1-3H3,(H,58,59)(H,60,61)(H2,48,49,57)/b9-8-,14-11-,23-20-/t37-,38?,39?,40-,44-,45-,46-/m1/s1. The number of aliphatic hydroxyl groups is 4. The minimum atomic E-state index is -5.48. The van der Waals surface area contributed by atoms with E-state index in [1.165, 1.54) is 51.0 Å². The molecule has 0 aromatic carbocycles. The predicted molar refractivity (Wildman–Crippen MR) is 259 cm³/mol. The van der Waals surface area contributed by atoms with Crippen molar-refractivity contribution in [3.8, 4) is 0 Å². The van der Waals surface area contributed by atoms with Crippen molar-refractivity contribution in [1.82, 2.24) is 9.55 Å². The van der Waals surface area contributed by atoms with Gasteiger partial charge in [-0.1, -0.05) is 128 Å². The first kappa shape index (κ1) is 62.0. The van der Waals surface area contributed by atoms with Gasteiger partial charge in [-0.05, 0) is 63.4 Å². The molecule has 1 saturated heterocycles. The van der Waals surface area contributed by atoms with Crippen LogP contribution in [0.15, 0.2) is 53.5 Å². The first-order chi connectivity index (χ1) is 32.8. The number of nitrogens with zero attached hydrogens (tertiary/aromatic N) is 2. The Morgan fingerprint density at radius 3 is 2.04 bits per heavy atom. The number of carbonyl (C=O) groups is 2. The lowest BCUT2D eigenvalue weighted by molar-refractivity contribution is -0.161. The molecule has 0 aliphatic carbocycles. The summed E-state index contributed by atoms with van der Waals surface area (Å²) in [5, 5.41) is 41.7. The van der Waals surface area contributed by atoms with Crippen LogP contribution in [0.2, 0.25) is 0 Å². The van der Waals surface area contributed by atoms with Crippen molar-refractivity contribution in [3.63, 3.8) is 0 Å². The van der Waals surface area contributed by atoms with Crippen LogP contribution in [0.5, 0.6) is 0 Å². The van der Waals surface area contributed by atoms with Crippen LogP contribution < -0.4 is 11.4 Å². The van der Waals surface area contributed by atoms with Gasteiger partial charge in [-0.2, -0.15) is 9.29 Å². The molecule has 2 heterocycles. The lowest BCUT2D eigenvalue weighted by Crippen LogP contribution is -2.36. The zero-order valence-corrected chi connectivity index (χ0v) is 42.5. The molecule has 20 nitrogen and oxygen atoms in total. The first-order valence-electron chi connectivity index (χ1n) is 24.5. The summed E-state index contributed by atoms with van der Waals surface area (Å²) in [5.74, 6) is -0.884. The van der Waals surface area contributed by atoms with Gasteiger partial charge < -0.3 is 50.2 Å². The van der Waals surface area contributed by atoms with Gasteiger partial charge in [-0.3, -0.25) is 23.2 Å². The number of rotatable bonds is 39. The summed E-state index contributed by atoms with van der Waals surface area (Å²) in [6.45, 7) is 4.07. The van der Waals surface area contributed by atoms with Crippen molar-refractivity contribution in [2.45, 2.75) is 198 Å². The van der Waals surface area contributed by atoms with Crippen LogP contribution in [0.25, 0.3) is 0 Å². The Hall–Kier alpha value is -3.10. The number of nitrogen functional groups attached to an aromatic ring is 1. The van der Waals surface area contributed by atoms with Crippen LogP contribution in [0.3, 0.4) is 0 Å². The number of hydrogen-bond acceptors (Lipinski definition) is 17. The summed E-state index contributed by atoms with van der Waals surface area (Å²) in [6.07, 6.45) is 19.9. The Balaban J connectivity index is 1.87. The van der Waals surface area contributed by atoms with Crippen LogP contribution in [-0.2, 0) is 46.3 Å². The minimum absolute atomic E-state index is 0.0102. The Labute approximate surface area is 407 Å². The third kappa shape index (κ3) is 28.5. The van der Waals surface area contributed by atoms with Crippen molar-refractivity contribution in [2.75, 3.05) is 25.6 Å². The lowest BCUT2D eigenvalue weighted by Gasteiger charge is -2.21. The molecule has 0 bridgehead atoms. The highest BCUT2D eigenvalue weighted by atomic mass is 31.3. The Kier molecular flexibility index (Phi) is 31.5. The number of nitrogens with two attached hydrogens (primary N) is 1. The van der Waals surface area contributed by atoms with Gasteiger partial charge in [0, 0.05) is 19.0 Å². The molecule has 9 atom stereocenters. The van der Waals surface area contributed by atoms with Crippen molar-refractivity contribution in [1.29, 1.82) is 0 Å². The van der Waals surface area contributed by atoms with E-state index >= 15 is 0 Å². The van der Waals surface area contributed by atoms with Crippen LogP contribution in [-0.4, -0.2) is 108 Å². The van der Waals surface area contributed by atoms with Crippen LogP contribution in [0.4, 0.5) is 5.82 Å². The number of ether oxygens (including phenoxy) is 3. The summed E-state index contributed by atoms with van der Waals surface area (Å²) in [7, 11) is -11.0. The molecule has 1 aromatic heterocycles. The SMILES string of the molecule is CCCCC/C=C\C/C=C\C/C=C\CC(O)C(O)CCCC(=O)OC[C@H](COP(=O)(O)OP(=O)(O)OC[C@H]1O[C@@H](n2ccc(N)nc2=O)[C@H](O)[C@@H]1O)OC(=O)CCCCCCCCCCCC(C)C. The number of anilines is 1. The maximum atomic E-state index is 12.8. The number of unbranched alkanes of at least 4 members (excludes halogenated alkanes) is 11. The molecule has 1 aliphatic heterocycles. The van der Waals surface area contributed by atoms with E-state index in [0.717, 1.165) is 55.7 Å². The molecular formula is C47H81N3O17P2. The minimum Gasteiger partial charge on any atom is -0.462 e. The predicted octanol–water partition coefficient (Wildman–Crippen LogP) is 7.41. The fourth-order valence-electron chi connectivity index (χ4n) is 7.13. The van der Waals surface area contributed by atoms with E-state index in [1.54, 1.807) is 6.08 Å². The summed E-state index contributed by atoms with van der Waals surface area (Å²) < 4.78 is 56.5. The number of esters is 2. The smallest absolute Gasteiger partial charge is 0.462 e. The van der Waals surface area contributed by atoms with Crippen molar-refractivity contribution in [3.05, 3.63) is 59.2 Å². The highest BCUT2D eigenvalue weighted by Gasteiger charge is 2.46. The molecule has 396 valence electrons. The summed E-state index contributed by atoms with van der Waals surface area (Å²) in [5.41, 5.74) is 4.56. The van der Waals surface area contributed by atoms with Crippen LogP contribution >= 0.6 is 15.6 Å². The van der Waals surface area contributed by atoms with Gasteiger partial charge in [0.15, 0.2) is 12.3 Å². The van der Waals surface area contributed by atoms with Gasteiger partial charge in [0.1, 0.15) is 30.7 Å². The van der Waals surface area contributed by atoms with Crippen molar-refractivity contribution < 1.29 is 76.5 Å². The van der Waals surface area contributed by atoms with E-state index in [-0.39, 0.29) is 37.9 Å². The van der Waals surface area contributed by atoms with E-state index < -0.39 is 95.9 Å². The molecule has 0 spiro atoms. The number of phosphoric ester groups is 2. The third-order valence-corrected chi connectivity index (χ3v) is 13.7. The van der Waals surface area contributed by atoms with E-state index in [2.05, 4.69) is 48.3 Å². The van der Waals surface area contributed by atoms with Crippen molar-refractivity contribution in [2.24, 2.45) is 5.92 Å². The highest BCUT2D eigenvalue weighted by molar-refractivity contribution is 7.61. The second kappa shape index (κ2) is 35.1. The maximum absolute atomic E-state index is 12.8. The van der Waals surface area contributed by atoms with E-state index in [1.807, 2.05) is 12.2 Å². The van der Waals surface area contributed by atoms with Gasteiger partial charge in [0.25, 0.3) is 0 Å². The quantitative estimate of drug-likeness (QED) is 0.0146. The van der Waals surface area contributed by atoms with Crippen molar-refractivity contribution >= 4 is 33.4 Å². The zero-order valence-electron chi connectivity index (χ0n) is 40.7. The van der Waals surface area contributed by atoms with Crippen LogP contribution in [0, 0.1) is 5.92 Å². The van der Waals surface area contributed by atoms with Gasteiger partial charge in [-0.25, -0.2) is 13.9 Å². The fraction of sp³-hybridized carbons (Fsp3) is 0.745. The normalized spacial score (nSPS) is 20.7. The molecule has 1 fully saturated rings. The molecule has 4 unspecified atom stereocenters. The Morgan fingerprint density at radius 2 is 1.39 bits per heavy atom. The molecule has 1 aromatic rings. The third-order valence-electron chi connectivity index (χ3n) is 11.1. The number of aliphatic hydroxyl groups excluding tert-OH is 4. The Bertz CT molecular complexity index is 1850. The molecule has 69 heavy (non-hydrogen) atoms. The number of phosphoric acid groups is 2. The van der Waals surface area contributed by atoms with E-state index in [0.29, 0.717) is 18.8 Å². The molecule has 1 aliphatic rings. The second-order valence-electron chi connectivity index (χ2n) is 17.8. The average Bonchev–Trinajstić information content (AvgIpc) is 3.56. The lowest BCUT2D eigenvalue weighted by atomic mass is 10.0. The number of allylic oxidation sites excluding steroid dienone is 5. The Morgan fingerprint density at radius 1 is 0.783 bits per heavy atom. The second-order valence-corrected chi connectivity index (χ2v) is 20.8. The largest absolute Gasteiger partial charge is 0.481 e. The van der Waals surface area contributed by atoms with Gasteiger partial charge in [0.2, 0.25) is 0 Å². The topological polar surface area (TPSA) is 306 Å². The van der Waals surface area contributed by atoms with Gasteiger partial charge >= 0.3 is 33.3 Å². The molecule has 0 saturated carbocycles. The average molecular weight is 1020 g/mol. The van der Waals surface area contributed by atoms with Crippen LogP contribution in [0.1, 0.15) is 162 Å². The molecule has 0 radical (unpaired) electrons. The number of carbonyl (C=O) groups excluding carboxylic acids is 2. The summed E-state index contributed by atoms with van der Waals surface area (Å²) in [6, 6.07) is 1.23. The van der Waals surface area contributed by atoms with E-state index in [9.17, 15) is 53.7 Å². The molecule has 2 rings (SSSR count). The fourth-order valence-corrected chi connectivity index (χ4v) is 9.24. The maximum Gasteiger partial charge on any atom is 0.481 e. The highest BCUT2D eigenvalue weighted by Crippen LogP contribution is 2.60. The first-order valence-corrected chi connectivity index (χ1v) is 27.5.